The summed E-state index contributed by atoms with van der Waals surface area (Å²) in [6, 6.07) is 54.2. The summed E-state index contributed by atoms with van der Waals surface area (Å²) in [7, 11) is 2.74. The molecule has 7 aromatic rings. The van der Waals surface area contributed by atoms with E-state index in [1.54, 1.807) is 35.3 Å². The molecule has 1 aromatic heterocycles. The summed E-state index contributed by atoms with van der Waals surface area (Å²) in [6.07, 6.45) is 7.63. The minimum atomic E-state index is -5.54. The third-order valence-electron chi connectivity index (χ3n) is 20.0. The molecule has 10 rings (SSSR count). The molecule has 0 spiro atoms. The lowest BCUT2D eigenvalue weighted by molar-refractivity contribution is -0.284. The number of likely N-dealkylation sites (N-methyl/N-ethyl adjacent to an activating group) is 1. The monoisotopic (exact) mass is 1490 g/mol. The number of phenolic OH excluding ortho intramolecular Hbond substituents is 1. The van der Waals surface area contributed by atoms with Gasteiger partial charge in [-0.1, -0.05) is 149 Å². The van der Waals surface area contributed by atoms with Gasteiger partial charge in [-0.15, -0.1) is 11.6 Å². The average Bonchev–Trinajstić information content (AvgIpc) is 1.67. The van der Waals surface area contributed by atoms with E-state index in [4.69, 9.17) is 47.3 Å². The minimum Gasteiger partial charge on any atom is -0.508 e. The minimum absolute atomic E-state index is 0.0195. The Morgan fingerprint density at radius 2 is 1.29 bits per heavy atom. The van der Waals surface area contributed by atoms with Gasteiger partial charge in [-0.05, 0) is 200 Å². The highest BCUT2D eigenvalue weighted by molar-refractivity contribution is 7.84. The van der Waals surface area contributed by atoms with Gasteiger partial charge in [0.25, 0.3) is 0 Å². The highest BCUT2D eigenvalue weighted by Gasteiger charge is 2.57. The van der Waals surface area contributed by atoms with Crippen LogP contribution in [0.2, 0.25) is 0 Å². The number of ether oxygens (including phenoxy) is 1. The number of fused-ring (bicyclic) bond motifs is 5. The molecule has 0 radical (unpaired) electrons. The van der Waals surface area contributed by atoms with Crippen molar-refractivity contribution in [2.45, 2.75) is 158 Å². The van der Waals surface area contributed by atoms with Gasteiger partial charge in [-0.25, -0.2) is 14.5 Å². The molecular formula is C81H94ClF5N6O11S. The number of aliphatic carboxylic acids is 3. The maximum atomic E-state index is 13.0. The van der Waals surface area contributed by atoms with Crippen molar-refractivity contribution in [3.05, 3.63) is 214 Å². The zero-order valence-corrected chi connectivity index (χ0v) is 61.0. The number of aromatic hydroxyl groups is 1. The maximum absolute atomic E-state index is 13.0. The van der Waals surface area contributed by atoms with Gasteiger partial charge in [0.2, 0.25) is 0 Å². The SMILES string of the molecule is CN(C)CCOc1ccc(/C(=C(/CCCl)c2ccccc2)c2ccccc2)cc1.C[C@]12CC[C@@H]3c4ccc(O)cc4C[C@@H](CCCCCCCCCS(=O)CCCC(F)(F)C(F)(F)F)[C@H]3[C@@H]1CC[C@@H]2O.N#Cc1ccc(C(c2ccc(C#N)cc2)n2cncn2)cc1.O=C(O)CC(O)(CC(=O)O)C(=O)O. The normalized spacial score (nSPS) is 18.7. The number of carbonyl (C=O) groups is 3. The van der Waals surface area contributed by atoms with Gasteiger partial charge >= 0.3 is 30.0 Å². The van der Waals surface area contributed by atoms with Crippen LogP contribution in [-0.4, -0.2) is 141 Å². The number of halogens is 6. The molecule has 562 valence electrons. The van der Waals surface area contributed by atoms with Gasteiger partial charge < -0.3 is 40.3 Å². The van der Waals surface area contributed by atoms with E-state index < -0.39 is 72.1 Å². The number of aliphatic hydroxyl groups is 2. The van der Waals surface area contributed by atoms with Crippen LogP contribution in [0.3, 0.4) is 0 Å². The number of carboxylic acid groups (broad SMARTS) is 3. The van der Waals surface area contributed by atoms with Crippen LogP contribution in [0.25, 0.3) is 11.1 Å². The summed E-state index contributed by atoms with van der Waals surface area (Å²) in [6.45, 7) is 3.87. The number of hydrogen-bond acceptors (Lipinski definition) is 13. The third-order valence-corrected chi connectivity index (χ3v) is 21.7. The first-order chi connectivity index (χ1) is 50.1. The number of aromatic nitrogens is 3. The van der Waals surface area contributed by atoms with E-state index in [9.17, 15) is 50.8 Å². The molecule has 17 nitrogen and oxygen atoms in total. The van der Waals surface area contributed by atoms with E-state index in [0.29, 0.717) is 65.2 Å². The number of rotatable bonds is 31. The second-order valence-corrected chi connectivity index (χ2v) is 29.7. The molecule has 0 saturated heterocycles. The fourth-order valence-corrected chi connectivity index (χ4v) is 16.0. The second-order valence-electron chi connectivity index (χ2n) is 27.6. The summed E-state index contributed by atoms with van der Waals surface area (Å²) in [5.41, 5.74) is 9.24. The van der Waals surface area contributed by atoms with Gasteiger partial charge in [0.05, 0.1) is 42.2 Å². The number of benzene rings is 6. The van der Waals surface area contributed by atoms with Crippen molar-refractivity contribution < 1.29 is 75.9 Å². The van der Waals surface area contributed by atoms with Crippen molar-refractivity contribution in [1.29, 1.82) is 10.5 Å². The number of hydrogen-bond donors (Lipinski definition) is 6. The van der Waals surface area contributed by atoms with Gasteiger partial charge in [-0.2, -0.15) is 37.6 Å². The molecule has 2 saturated carbocycles. The lowest BCUT2D eigenvalue weighted by Crippen LogP contribution is -2.47. The smallest absolute Gasteiger partial charge is 0.453 e. The Labute approximate surface area is 618 Å². The molecule has 1 unspecified atom stereocenters. The largest absolute Gasteiger partial charge is 0.508 e. The summed E-state index contributed by atoms with van der Waals surface area (Å²) in [4.78, 5) is 36.6. The molecular weight excluding hydrogens is 1400 g/mol. The Morgan fingerprint density at radius 1 is 0.733 bits per heavy atom. The molecule has 0 bridgehead atoms. The van der Waals surface area contributed by atoms with E-state index in [2.05, 4.69) is 113 Å². The van der Waals surface area contributed by atoms with Crippen molar-refractivity contribution in [1.82, 2.24) is 19.7 Å². The van der Waals surface area contributed by atoms with Crippen LogP contribution in [0.15, 0.2) is 164 Å². The first-order valence-electron chi connectivity index (χ1n) is 35.4. The van der Waals surface area contributed by atoms with E-state index in [-0.39, 0.29) is 23.3 Å². The molecule has 1 heterocycles. The van der Waals surface area contributed by atoms with Gasteiger partial charge in [0, 0.05) is 41.2 Å². The van der Waals surface area contributed by atoms with Gasteiger partial charge in [-0.3, -0.25) is 13.8 Å². The Hall–Kier alpha value is -8.84. The van der Waals surface area contributed by atoms with E-state index in [1.807, 2.05) is 62.6 Å². The lowest BCUT2D eigenvalue weighted by Gasteiger charge is -2.53. The molecule has 0 amide bonds. The average molecular weight is 1490 g/mol. The molecule has 7 atom stereocenters. The predicted octanol–water partition coefficient (Wildman–Crippen LogP) is 16.3. The van der Waals surface area contributed by atoms with E-state index in [0.717, 1.165) is 107 Å². The van der Waals surface area contributed by atoms with Crippen LogP contribution in [0.1, 0.15) is 178 Å². The van der Waals surface area contributed by atoms with Crippen molar-refractivity contribution >= 4 is 51.5 Å². The quantitative estimate of drug-likeness (QED) is 0.0102. The van der Waals surface area contributed by atoms with Gasteiger partial charge in [0.15, 0.2) is 5.60 Å². The van der Waals surface area contributed by atoms with Crippen LogP contribution in [-0.2, 0) is 31.6 Å². The van der Waals surface area contributed by atoms with Crippen molar-refractivity contribution in [3.63, 3.8) is 0 Å². The molecule has 3 aliphatic rings. The molecule has 0 aliphatic heterocycles. The standard InChI is InChI=1S/C32H47F5O3S.C26H28ClNO.C17H11N5.C6H8O7/c1-30-17-15-26-25-12-11-24(38)21-23(25)20-22(29(26)27(30)13-14-28(30)39)10-7-5-3-2-4-6-8-18-41(40)19-9-16-31(33,34)32(35,36)37;1-28(2)19-20-29-24-15-13-23(14-16-24)26(22-11-7-4-8-12-22)25(17-18-27)21-9-5-3-6-10-21;18-9-13-1-5-15(6-2-13)17(22-12-20-11-21-22)16-7-3-14(10-19)4-8-16;7-3(8)1-6(13,5(11)12)2-4(9)10/h11-12,21-22,26-29,38-39H,2-10,13-20H2,1H3;3-16H,17-20H2,1-2H3;1-8,11-12,17H;13H,1-2H2,(H,7,8)(H,9,10)(H,11,12)/b;26-25-;;/t22-,26-,27+,28+,29-,30+,41?;;;/m1.../s1. The highest BCUT2D eigenvalue weighted by atomic mass is 35.5. The third kappa shape index (κ3) is 24.1. The van der Waals surface area contributed by atoms with Crippen LogP contribution in [0, 0.1) is 45.8 Å². The molecule has 6 N–H and O–H groups in total. The number of aliphatic hydroxyl groups excluding tert-OH is 1. The molecule has 2 fully saturated rings. The molecule has 105 heavy (non-hydrogen) atoms. The zero-order chi connectivity index (χ0) is 76.3. The number of carboxylic acids is 3. The van der Waals surface area contributed by atoms with E-state index in [1.165, 1.54) is 45.3 Å². The molecule has 24 heteroatoms. The van der Waals surface area contributed by atoms with Crippen molar-refractivity contribution in [3.8, 4) is 23.6 Å². The maximum Gasteiger partial charge on any atom is 0.453 e. The first-order valence-corrected chi connectivity index (χ1v) is 37.4. The summed E-state index contributed by atoms with van der Waals surface area (Å²) in [5.74, 6) is -5.47. The lowest BCUT2D eigenvalue weighted by atomic mass is 9.52. The zero-order valence-electron chi connectivity index (χ0n) is 59.4. The van der Waals surface area contributed by atoms with Crippen LogP contribution < -0.4 is 4.74 Å². The highest BCUT2D eigenvalue weighted by Crippen LogP contribution is 2.63. The van der Waals surface area contributed by atoms with Crippen LogP contribution in [0.4, 0.5) is 22.0 Å². The van der Waals surface area contributed by atoms with Crippen LogP contribution >= 0.6 is 11.6 Å². The summed E-state index contributed by atoms with van der Waals surface area (Å²) < 4.78 is 82.1. The fraction of sp³-hybridized carbons (Fsp3) is 0.444. The summed E-state index contributed by atoms with van der Waals surface area (Å²) >= 11 is 6.21. The molecule has 6 aromatic carbocycles. The Bertz CT molecular complexity index is 3960. The predicted molar refractivity (Wildman–Crippen MR) is 394 cm³/mol. The first kappa shape index (κ1) is 83.4. The van der Waals surface area contributed by atoms with Crippen molar-refractivity contribution in [2.75, 3.05) is 44.6 Å². The number of alkyl halides is 6. The van der Waals surface area contributed by atoms with Gasteiger partial charge in [0.1, 0.15) is 36.8 Å². The Morgan fingerprint density at radius 3 is 1.81 bits per heavy atom. The van der Waals surface area contributed by atoms with Crippen LogP contribution in [0.5, 0.6) is 11.5 Å². The molecule has 3 aliphatic carbocycles. The Kier molecular flexibility index (Phi) is 31.8. The van der Waals surface area contributed by atoms with E-state index >= 15 is 0 Å². The second kappa shape index (κ2) is 40.0. The topological polar surface area (TPSA) is 280 Å². The van der Waals surface area contributed by atoms with Crippen molar-refractivity contribution in [2.24, 2.45) is 23.2 Å². The number of phenols is 1. The summed E-state index contributed by atoms with van der Waals surface area (Å²) in [5, 5.41) is 76.9. The number of nitriles is 2. The Balaban J connectivity index is 0.000000210. The fourth-order valence-electron chi connectivity index (χ4n) is 14.7. The number of unbranched alkanes of at least 4 members (excludes halogenated alkanes) is 6. The number of nitrogens with zero attached hydrogens (tertiary/aromatic N) is 6. The number of allylic oxidation sites excluding steroid dienone is 1.